The number of halogens is 1. The van der Waals surface area contributed by atoms with Crippen molar-refractivity contribution in [1.82, 2.24) is 14.5 Å². The van der Waals surface area contributed by atoms with Gasteiger partial charge in [0.2, 0.25) is 15.9 Å². The van der Waals surface area contributed by atoms with Gasteiger partial charge >= 0.3 is 0 Å². The molecule has 0 saturated carbocycles. The Hall–Kier alpha value is -1.19. The van der Waals surface area contributed by atoms with E-state index < -0.39 is 10.0 Å². The highest BCUT2D eigenvalue weighted by Gasteiger charge is 2.18. The van der Waals surface area contributed by atoms with Crippen molar-refractivity contribution in [3.8, 4) is 0 Å². The Kier molecular flexibility index (Phi) is 8.11. The van der Waals surface area contributed by atoms with Gasteiger partial charge in [0.25, 0.3) is 0 Å². The molecule has 0 bridgehead atoms. The Labute approximate surface area is 149 Å². The minimum absolute atomic E-state index is 0. The van der Waals surface area contributed by atoms with E-state index in [1.165, 1.54) is 26.2 Å². The van der Waals surface area contributed by atoms with Crippen LogP contribution in [0.25, 0.3) is 0 Å². The number of benzene rings is 1. The molecule has 1 heterocycles. The van der Waals surface area contributed by atoms with Gasteiger partial charge in [-0.3, -0.25) is 9.69 Å². The normalized spacial score (nSPS) is 16.3. The lowest BCUT2D eigenvalue weighted by molar-refractivity contribution is -0.117. The fourth-order valence-electron chi connectivity index (χ4n) is 2.41. The van der Waals surface area contributed by atoms with E-state index >= 15 is 0 Å². The van der Waals surface area contributed by atoms with Gasteiger partial charge in [-0.15, -0.1) is 12.4 Å². The first kappa shape index (κ1) is 20.9. The average Bonchev–Trinajstić information content (AvgIpc) is 2.75. The standard InChI is InChI=1S/C15H24N4O3S.ClH/c1-18(2)23(21,22)14-6-3-5-13(11-14)17-15(20)12-19-9-4-7-16-8-10-19;/h3,5-6,11,16H,4,7-10,12H2,1-2H3,(H,17,20);1H. The van der Waals surface area contributed by atoms with Crippen LogP contribution in [0.2, 0.25) is 0 Å². The maximum absolute atomic E-state index is 12.2. The third-order valence-corrected chi connectivity index (χ3v) is 5.51. The number of hydrogen-bond donors (Lipinski definition) is 2. The number of sulfonamides is 1. The summed E-state index contributed by atoms with van der Waals surface area (Å²) >= 11 is 0. The molecule has 2 rings (SSSR count). The third kappa shape index (κ3) is 5.71. The molecule has 0 atom stereocenters. The van der Waals surface area contributed by atoms with Gasteiger partial charge in [-0.2, -0.15) is 0 Å². The number of nitrogens with one attached hydrogen (secondary N) is 2. The lowest BCUT2D eigenvalue weighted by Crippen LogP contribution is -2.35. The minimum atomic E-state index is -3.50. The Balaban J connectivity index is 0.00000288. The fraction of sp³-hybridized carbons (Fsp3) is 0.533. The van der Waals surface area contributed by atoms with Gasteiger partial charge in [0.15, 0.2) is 0 Å². The quantitative estimate of drug-likeness (QED) is 0.786. The Morgan fingerprint density at radius 2 is 2.04 bits per heavy atom. The Morgan fingerprint density at radius 1 is 1.29 bits per heavy atom. The van der Waals surface area contributed by atoms with Crippen molar-refractivity contribution in [2.75, 3.05) is 52.1 Å². The van der Waals surface area contributed by atoms with Crippen LogP contribution in [0, 0.1) is 0 Å². The number of rotatable bonds is 5. The van der Waals surface area contributed by atoms with Crippen LogP contribution < -0.4 is 10.6 Å². The summed E-state index contributed by atoms with van der Waals surface area (Å²) in [6, 6.07) is 6.32. The Bertz CT molecular complexity index is 644. The monoisotopic (exact) mass is 376 g/mol. The van der Waals surface area contributed by atoms with Crippen molar-refractivity contribution in [3.05, 3.63) is 24.3 Å². The molecule has 1 aliphatic heterocycles. The second kappa shape index (κ2) is 9.33. The summed E-state index contributed by atoms with van der Waals surface area (Å²) in [6.07, 6.45) is 1.02. The molecule has 24 heavy (non-hydrogen) atoms. The SMILES string of the molecule is CN(C)S(=O)(=O)c1cccc(NC(=O)CN2CCCNCC2)c1.Cl. The summed E-state index contributed by atoms with van der Waals surface area (Å²) in [4.78, 5) is 14.4. The molecule has 1 saturated heterocycles. The molecule has 0 radical (unpaired) electrons. The third-order valence-electron chi connectivity index (χ3n) is 3.70. The zero-order valence-corrected chi connectivity index (χ0v) is 15.6. The minimum Gasteiger partial charge on any atom is -0.325 e. The fourth-order valence-corrected chi connectivity index (χ4v) is 3.36. The summed E-state index contributed by atoms with van der Waals surface area (Å²) in [7, 11) is -0.544. The van der Waals surface area contributed by atoms with Crippen molar-refractivity contribution < 1.29 is 13.2 Å². The maximum Gasteiger partial charge on any atom is 0.242 e. The van der Waals surface area contributed by atoms with E-state index in [2.05, 4.69) is 15.5 Å². The van der Waals surface area contributed by atoms with Gasteiger partial charge in [0, 0.05) is 32.9 Å². The van der Waals surface area contributed by atoms with Crippen LogP contribution in [-0.4, -0.2) is 70.3 Å². The lowest BCUT2D eigenvalue weighted by Gasteiger charge is -2.19. The molecule has 2 N–H and O–H groups in total. The van der Waals surface area contributed by atoms with Crippen LogP contribution in [0.1, 0.15) is 6.42 Å². The highest BCUT2D eigenvalue weighted by Crippen LogP contribution is 2.18. The molecule has 1 fully saturated rings. The van der Waals surface area contributed by atoms with Crippen LogP contribution in [0.4, 0.5) is 5.69 Å². The number of anilines is 1. The summed E-state index contributed by atoms with van der Waals surface area (Å²) in [5.41, 5.74) is 0.492. The van der Waals surface area contributed by atoms with Crippen molar-refractivity contribution in [3.63, 3.8) is 0 Å². The summed E-state index contributed by atoms with van der Waals surface area (Å²) < 4.78 is 25.4. The van der Waals surface area contributed by atoms with Crippen molar-refractivity contribution >= 4 is 34.0 Å². The lowest BCUT2D eigenvalue weighted by atomic mass is 10.3. The van der Waals surface area contributed by atoms with E-state index in [0.717, 1.165) is 36.9 Å². The molecule has 9 heteroatoms. The highest BCUT2D eigenvalue weighted by molar-refractivity contribution is 7.89. The van der Waals surface area contributed by atoms with E-state index in [9.17, 15) is 13.2 Å². The van der Waals surface area contributed by atoms with Gasteiger partial charge < -0.3 is 10.6 Å². The summed E-state index contributed by atoms with van der Waals surface area (Å²) in [6.45, 7) is 3.89. The Morgan fingerprint density at radius 3 is 2.75 bits per heavy atom. The van der Waals surface area contributed by atoms with Crippen molar-refractivity contribution in [2.24, 2.45) is 0 Å². The van der Waals surface area contributed by atoms with E-state index in [4.69, 9.17) is 0 Å². The number of carbonyl (C=O) groups is 1. The van der Waals surface area contributed by atoms with Gasteiger partial charge in [0.05, 0.1) is 11.4 Å². The van der Waals surface area contributed by atoms with Crippen molar-refractivity contribution in [1.29, 1.82) is 0 Å². The van der Waals surface area contributed by atoms with Crippen LogP contribution in [0.3, 0.4) is 0 Å². The van der Waals surface area contributed by atoms with Gasteiger partial charge in [-0.1, -0.05) is 6.07 Å². The molecule has 136 valence electrons. The van der Waals surface area contributed by atoms with E-state index in [-0.39, 0.29) is 23.2 Å². The van der Waals surface area contributed by atoms with Gasteiger partial charge in [0.1, 0.15) is 0 Å². The van der Waals surface area contributed by atoms with Crippen LogP contribution in [0.15, 0.2) is 29.2 Å². The summed E-state index contributed by atoms with van der Waals surface area (Å²) in [5, 5.41) is 6.07. The van der Waals surface area contributed by atoms with Gasteiger partial charge in [-0.05, 0) is 37.7 Å². The first-order chi connectivity index (χ1) is 10.9. The zero-order valence-electron chi connectivity index (χ0n) is 14.0. The molecule has 1 aromatic rings. The van der Waals surface area contributed by atoms with Crippen LogP contribution in [-0.2, 0) is 14.8 Å². The van der Waals surface area contributed by atoms with Gasteiger partial charge in [-0.25, -0.2) is 12.7 Å². The number of hydrogen-bond acceptors (Lipinski definition) is 5. The smallest absolute Gasteiger partial charge is 0.242 e. The number of carbonyl (C=O) groups excluding carboxylic acids is 1. The van der Waals surface area contributed by atoms with E-state index in [0.29, 0.717) is 12.2 Å². The van der Waals surface area contributed by atoms with E-state index in [1.54, 1.807) is 12.1 Å². The number of nitrogens with zero attached hydrogens (tertiary/aromatic N) is 2. The highest BCUT2D eigenvalue weighted by atomic mass is 35.5. The molecule has 1 aliphatic rings. The van der Waals surface area contributed by atoms with Crippen LogP contribution in [0.5, 0.6) is 0 Å². The largest absolute Gasteiger partial charge is 0.325 e. The molecular weight excluding hydrogens is 352 g/mol. The molecular formula is C15H25ClN4O3S. The van der Waals surface area contributed by atoms with E-state index in [1.807, 2.05) is 0 Å². The second-order valence-electron chi connectivity index (χ2n) is 5.74. The molecule has 0 aromatic heterocycles. The molecule has 1 amide bonds. The predicted molar refractivity (Wildman–Crippen MR) is 97.1 cm³/mol. The van der Waals surface area contributed by atoms with Crippen LogP contribution >= 0.6 is 12.4 Å². The molecule has 0 aliphatic carbocycles. The van der Waals surface area contributed by atoms with Crippen molar-refractivity contribution in [2.45, 2.75) is 11.3 Å². The maximum atomic E-state index is 12.2. The second-order valence-corrected chi connectivity index (χ2v) is 7.89. The average molecular weight is 377 g/mol. The molecule has 0 unspecified atom stereocenters. The molecule has 0 spiro atoms. The zero-order chi connectivity index (χ0) is 16.9. The first-order valence-corrected chi connectivity index (χ1v) is 9.09. The first-order valence-electron chi connectivity index (χ1n) is 7.65. The topological polar surface area (TPSA) is 81.8 Å². The number of amides is 1. The molecule has 7 nitrogen and oxygen atoms in total. The summed E-state index contributed by atoms with van der Waals surface area (Å²) in [5.74, 6) is -0.133. The molecule has 1 aromatic carbocycles. The predicted octanol–water partition coefficient (Wildman–Crippen LogP) is 0.593.